The summed E-state index contributed by atoms with van der Waals surface area (Å²) in [5.74, 6) is 0.148. The summed E-state index contributed by atoms with van der Waals surface area (Å²) in [4.78, 5) is 10.9. The maximum atomic E-state index is 4.07. The van der Waals surface area contributed by atoms with Gasteiger partial charge in [0.05, 0.1) is 5.54 Å². The van der Waals surface area contributed by atoms with Crippen molar-refractivity contribution in [3.63, 3.8) is 0 Å². The molecule has 0 spiro atoms. The van der Waals surface area contributed by atoms with E-state index >= 15 is 0 Å². The summed E-state index contributed by atoms with van der Waals surface area (Å²) >= 11 is 0. The van der Waals surface area contributed by atoms with Crippen LogP contribution in [0.15, 0.2) is 109 Å². The summed E-state index contributed by atoms with van der Waals surface area (Å²) in [6, 6.07) is 34.8. The zero-order valence-electron chi connectivity index (χ0n) is 19.9. The van der Waals surface area contributed by atoms with Crippen LogP contribution < -0.4 is 16.0 Å². The fraction of sp³-hybridized carbons (Fsp3) is 0.125. The van der Waals surface area contributed by atoms with Crippen LogP contribution in [0.4, 0.5) is 0 Å². The molecule has 5 aromatic rings. The Labute approximate surface area is 210 Å². The summed E-state index contributed by atoms with van der Waals surface area (Å²) in [7, 11) is 0. The maximum Gasteiger partial charge on any atom is 0.0681 e. The van der Waals surface area contributed by atoms with E-state index in [2.05, 4.69) is 142 Å². The van der Waals surface area contributed by atoms with E-state index < -0.39 is 0 Å². The standard InChI is InChI=1S/C32H28N4/c1-3-7-22(8-4-1)31-29-16-15-27(35-29)20-25-12-11-24(33-25)19-26-13-14-28(34-26)21-32(18-17-30(31)36-32)23-9-5-2-6-10-23/h1-20,30-31,33-36H,21H2. The normalized spacial score (nSPS) is 22.7. The molecule has 176 valence electrons. The zero-order valence-corrected chi connectivity index (χ0v) is 19.9. The first-order valence-corrected chi connectivity index (χ1v) is 12.6. The summed E-state index contributed by atoms with van der Waals surface area (Å²) in [5.41, 5.74) is 6.83. The molecule has 3 unspecified atom stereocenters. The molecule has 36 heavy (non-hydrogen) atoms. The van der Waals surface area contributed by atoms with Gasteiger partial charge in [-0.2, -0.15) is 0 Å². The number of rotatable bonds is 2. The van der Waals surface area contributed by atoms with E-state index in [4.69, 9.17) is 0 Å². The third kappa shape index (κ3) is 3.76. The lowest BCUT2D eigenvalue weighted by atomic mass is 9.86. The summed E-state index contributed by atoms with van der Waals surface area (Å²) in [6.07, 6.45) is 9.90. The smallest absolute Gasteiger partial charge is 0.0681 e. The van der Waals surface area contributed by atoms with Crippen molar-refractivity contribution in [1.29, 1.82) is 0 Å². The predicted molar refractivity (Wildman–Crippen MR) is 145 cm³/mol. The molecule has 0 fully saturated rings. The summed E-state index contributed by atoms with van der Waals surface area (Å²) < 4.78 is 0. The molecule has 2 aliphatic rings. The Bertz CT molecular complexity index is 1650. The molecule has 2 aromatic carbocycles. The van der Waals surface area contributed by atoms with Gasteiger partial charge in [-0.15, -0.1) is 0 Å². The van der Waals surface area contributed by atoms with Crippen LogP contribution in [0.2, 0.25) is 0 Å². The monoisotopic (exact) mass is 468 g/mol. The van der Waals surface area contributed by atoms with Gasteiger partial charge in [-0.1, -0.05) is 72.8 Å². The van der Waals surface area contributed by atoms with Crippen molar-refractivity contribution in [3.8, 4) is 0 Å². The highest BCUT2D eigenvalue weighted by Crippen LogP contribution is 2.38. The van der Waals surface area contributed by atoms with Gasteiger partial charge in [0.15, 0.2) is 0 Å². The molecule has 7 rings (SSSR count). The van der Waals surface area contributed by atoms with E-state index in [0.717, 1.165) is 28.5 Å². The first kappa shape index (κ1) is 21.0. The van der Waals surface area contributed by atoms with Crippen molar-refractivity contribution >= 4 is 12.2 Å². The fourth-order valence-corrected chi connectivity index (χ4v) is 5.80. The van der Waals surface area contributed by atoms with E-state index in [0.29, 0.717) is 0 Å². The second-order valence-electron chi connectivity index (χ2n) is 9.90. The number of fused-ring (bicyclic) bond motifs is 8. The van der Waals surface area contributed by atoms with Gasteiger partial charge in [0.1, 0.15) is 0 Å². The highest BCUT2D eigenvalue weighted by atomic mass is 15.0. The number of nitrogens with one attached hydrogen (secondary N) is 4. The van der Waals surface area contributed by atoms with Crippen LogP contribution in [-0.2, 0) is 12.0 Å². The molecule has 0 amide bonds. The number of hydrogen-bond acceptors (Lipinski definition) is 1. The first-order valence-electron chi connectivity index (χ1n) is 12.6. The molecule has 5 heterocycles. The van der Waals surface area contributed by atoms with Crippen molar-refractivity contribution in [1.82, 2.24) is 20.3 Å². The molecule has 3 atom stereocenters. The number of H-pyrrole nitrogens is 3. The zero-order chi connectivity index (χ0) is 24.0. The van der Waals surface area contributed by atoms with E-state index in [1.165, 1.54) is 22.5 Å². The van der Waals surface area contributed by atoms with Gasteiger partial charge in [-0.25, -0.2) is 0 Å². The molecule has 3 aromatic heterocycles. The molecule has 2 aliphatic heterocycles. The lowest BCUT2D eigenvalue weighted by molar-refractivity contribution is 0.390. The second-order valence-corrected chi connectivity index (χ2v) is 9.90. The van der Waals surface area contributed by atoms with E-state index in [1.54, 1.807) is 0 Å². The van der Waals surface area contributed by atoms with Gasteiger partial charge in [0.25, 0.3) is 0 Å². The third-order valence-electron chi connectivity index (χ3n) is 7.48. The highest BCUT2D eigenvalue weighted by Gasteiger charge is 2.40. The molecule has 0 aliphatic carbocycles. The SMILES string of the molecule is C1=CC2(c3ccccc3)Cc3ccc([nH]3)C=c3ccc([nH]3)=Cc3ccc([nH]3)C(c3ccccc3)C1N2. The summed E-state index contributed by atoms with van der Waals surface area (Å²) in [6.45, 7) is 0. The molecule has 8 bridgehead atoms. The average molecular weight is 469 g/mol. The first-order chi connectivity index (χ1) is 17.7. The van der Waals surface area contributed by atoms with Gasteiger partial charge in [-0.05, 0) is 59.7 Å². The molecular weight excluding hydrogens is 440 g/mol. The molecule has 0 radical (unpaired) electrons. The molecule has 0 saturated heterocycles. The number of hydrogen-bond donors (Lipinski definition) is 4. The van der Waals surface area contributed by atoms with Gasteiger partial charge in [0, 0.05) is 51.9 Å². The molecular formula is C32H28N4. The van der Waals surface area contributed by atoms with Gasteiger partial charge in [-0.3, -0.25) is 5.32 Å². The Morgan fingerprint density at radius 2 is 1.33 bits per heavy atom. The largest absolute Gasteiger partial charge is 0.359 e. The molecule has 0 saturated carbocycles. The summed E-state index contributed by atoms with van der Waals surface area (Å²) in [5, 5.41) is 6.22. The van der Waals surface area contributed by atoms with Crippen LogP contribution in [-0.4, -0.2) is 21.0 Å². The van der Waals surface area contributed by atoms with Crippen molar-refractivity contribution in [3.05, 3.63) is 154 Å². The van der Waals surface area contributed by atoms with Crippen LogP contribution in [0.1, 0.15) is 39.8 Å². The Balaban J connectivity index is 1.42. The van der Waals surface area contributed by atoms with Crippen LogP contribution in [0.5, 0.6) is 0 Å². The van der Waals surface area contributed by atoms with Crippen LogP contribution in [0, 0.1) is 0 Å². The van der Waals surface area contributed by atoms with Crippen molar-refractivity contribution < 1.29 is 0 Å². The van der Waals surface area contributed by atoms with Crippen molar-refractivity contribution in [2.45, 2.75) is 23.9 Å². The van der Waals surface area contributed by atoms with Gasteiger partial charge >= 0.3 is 0 Å². The van der Waals surface area contributed by atoms with Crippen molar-refractivity contribution in [2.75, 3.05) is 0 Å². The quantitative estimate of drug-likeness (QED) is 0.285. The van der Waals surface area contributed by atoms with Gasteiger partial charge < -0.3 is 15.0 Å². The number of benzene rings is 2. The van der Waals surface area contributed by atoms with E-state index in [9.17, 15) is 0 Å². The van der Waals surface area contributed by atoms with Crippen LogP contribution in [0.3, 0.4) is 0 Å². The second kappa shape index (κ2) is 8.43. The minimum absolute atomic E-state index is 0.130. The maximum absolute atomic E-state index is 4.07. The van der Waals surface area contributed by atoms with Crippen molar-refractivity contribution in [2.24, 2.45) is 0 Å². The Hall–Kier alpha value is -4.28. The number of aromatic nitrogens is 3. The minimum atomic E-state index is -0.306. The van der Waals surface area contributed by atoms with Crippen LogP contribution in [0.25, 0.3) is 12.2 Å². The third-order valence-corrected chi connectivity index (χ3v) is 7.48. The lowest BCUT2D eigenvalue weighted by Crippen LogP contribution is -2.45. The van der Waals surface area contributed by atoms with Gasteiger partial charge in [0.2, 0.25) is 0 Å². The fourth-order valence-electron chi connectivity index (χ4n) is 5.80. The molecule has 4 nitrogen and oxygen atoms in total. The lowest BCUT2D eigenvalue weighted by Gasteiger charge is -2.33. The topological polar surface area (TPSA) is 59.4 Å². The number of aromatic amines is 3. The highest BCUT2D eigenvalue weighted by molar-refractivity contribution is 5.50. The molecule has 4 heteroatoms. The Morgan fingerprint density at radius 3 is 2.11 bits per heavy atom. The minimum Gasteiger partial charge on any atom is -0.359 e. The Kier molecular flexibility index (Phi) is 4.93. The van der Waals surface area contributed by atoms with Crippen LogP contribution >= 0.6 is 0 Å². The van der Waals surface area contributed by atoms with E-state index in [1.807, 2.05) is 0 Å². The van der Waals surface area contributed by atoms with E-state index in [-0.39, 0.29) is 17.5 Å². The average Bonchev–Trinajstić information content (AvgIpc) is 3.71. The Morgan fingerprint density at radius 1 is 0.639 bits per heavy atom. The molecule has 4 N–H and O–H groups in total. The predicted octanol–water partition coefficient (Wildman–Crippen LogP) is 4.44.